The third kappa shape index (κ3) is 3.90. The number of hydrogen-bond donors (Lipinski definition) is 2. The van der Waals surface area contributed by atoms with Gasteiger partial charge < -0.3 is 10.6 Å². The van der Waals surface area contributed by atoms with Crippen molar-refractivity contribution in [1.29, 1.82) is 0 Å². The SMILES string of the molecule is O=C(CC1Cn2nc(-c3ccc4ccccc4c3)cc2NC1=O)Nc1ccc(F)cc1. The number of fused-ring (bicyclic) bond motifs is 2. The normalized spacial score (nSPS) is 15.4. The molecule has 0 radical (unpaired) electrons. The Morgan fingerprint density at radius 1 is 1.06 bits per heavy atom. The Labute approximate surface area is 177 Å². The molecule has 2 heterocycles. The summed E-state index contributed by atoms with van der Waals surface area (Å²) in [6.45, 7) is 0.311. The van der Waals surface area contributed by atoms with Gasteiger partial charge in [-0.05, 0) is 41.1 Å². The molecule has 1 aromatic heterocycles. The molecule has 1 aliphatic rings. The van der Waals surface area contributed by atoms with Crippen molar-refractivity contribution in [2.75, 3.05) is 10.6 Å². The first-order valence-electron chi connectivity index (χ1n) is 9.98. The third-order valence-corrected chi connectivity index (χ3v) is 5.40. The van der Waals surface area contributed by atoms with Crippen molar-refractivity contribution >= 4 is 34.1 Å². The van der Waals surface area contributed by atoms with E-state index in [4.69, 9.17) is 0 Å². The lowest BCUT2D eigenvalue weighted by Crippen LogP contribution is -2.35. The Morgan fingerprint density at radius 2 is 1.84 bits per heavy atom. The number of benzene rings is 3. The van der Waals surface area contributed by atoms with Crippen LogP contribution in [0.25, 0.3) is 22.0 Å². The summed E-state index contributed by atoms with van der Waals surface area (Å²) in [4.78, 5) is 24.9. The van der Waals surface area contributed by atoms with E-state index in [0.29, 0.717) is 18.1 Å². The van der Waals surface area contributed by atoms with Gasteiger partial charge in [-0.15, -0.1) is 0 Å². The zero-order chi connectivity index (χ0) is 21.4. The number of halogens is 1. The molecule has 6 nitrogen and oxygen atoms in total. The van der Waals surface area contributed by atoms with Crippen molar-refractivity contribution in [1.82, 2.24) is 9.78 Å². The summed E-state index contributed by atoms with van der Waals surface area (Å²) in [5.74, 6) is -0.831. The average molecular weight is 414 g/mol. The number of carbonyl (C=O) groups is 2. The van der Waals surface area contributed by atoms with Gasteiger partial charge in [0.15, 0.2) is 0 Å². The van der Waals surface area contributed by atoms with Crippen LogP contribution in [0.3, 0.4) is 0 Å². The first-order valence-corrected chi connectivity index (χ1v) is 9.98. The molecular formula is C24H19FN4O2. The summed E-state index contributed by atoms with van der Waals surface area (Å²) in [5, 5.41) is 12.4. The maximum Gasteiger partial charge on any atom is 0.231 e. The predicted octanol–water partition coefficient (Wildman–Crippen LogP) is 4.44. The quantitative estimate of drug-likeness (QED) is 0.518. The molecule has 1 aliphatic heterocycles. The highest BCUT2D eigenvalue weighted by atomic mass is 19.1. The van der Waals surface area contributed by atoms with Crippen LogP contribution in [-0.2, 0) is 16.1 Å². The Balaban J connectivity index is 1.32. The second-order valence-corrected chi connectivity index (χ2v) is 7.60. The second kappa shape index (κ2) is 7.68. The molecule has 3 aromatic carbocycles. The molecule has 0 fully saturated rings. The van der Waals surface area contributed by atoms with Gasteiger partial charge >= 0.3 is 0 Å². The molecule has 154 valence electrons. The van der Waals surface area contributed by atoms with Crippen molar-refractivity contribution in [3.63, 3.8) is 0 Å². The summed E-state index contributed by atoms with van der Waals surface area (Å²) in [6.07, 6.45) is 0.00776. The topological polar surface area (TPSA) is 76.0 Å². The van der Waals surface area contributed by atoms with Gasteiger partial charge in [-0.1, -0.05) is 36.4 Å². The smallest absolute Gasteiger partial charge is 0.231 e. The number of carbonyl (C=O) groups excluding carboxylic acids is 2. The molecule has 7 heteroatoms. The summed E-state index contributed by atoms with van der Waals surface area (Å²) >= 11 is 0. The summed E-state index contributed by atoms with van der Waals surface area (Å²) < 4.78 is 14.7. The van der Waals surface area contributed by atoms with E-state index >= 15 is 0 Å². The predicted molar refractivity (Wildman–Crippen MR) is 117 cm³/mol. The third-order valence-electron chi connectivity index (χ3n) is 5.40. The number of rotatable bonds is 4. The van der Waals surface area contributed by atoms with Crippen molar-refractivity contribution in [3.8, 4) is 11.3 Å². The van der Waals surface area contributed by atoms with Crippen LogP contribution in [0.2, 0.25) is 0 Å². The fourth-order valence-corrected chi connectivity index (χ4v) is 3.79. The minimum atomic E-state index is -0.544. The Hall–Kier alpha value is -4.00. The van der Waals surface area contributed by atoms with Crippen molar-refractivity contribution in [3.05, 3.63) is 78.6 Å². The lowest BCUT2D eigenvalue weighted by Gasteiger charge is -2.22. The standard InChI is InChI=1S/C24H19FN4O2/c25-19-7-9-20(10-8-19)26-23(30)12-18-14-29-22(27-24(18)31)13-21(28-29)17-6-5-15-3-1-2-4-16(15)11-17/h1-11,13,18H,12,14H2,(H,26,30)(H,27,31). The highest BCUT2D eigenvalue weighted by molar-refractivity contribution is 5.99. The molecule has 1 unspecified atom stereocenters. The molecule has 0 saturated carbocycles. The van der Waals surface area contributed by atoms with Crippen LogP contribution >= 0.6 is 0 Å². The molecular weight excluding hydrogens is 395 g/mol. The van der Waals surface area contributed by atoms with Gasteiger partial charge in [-0.3, -0.25) is 9.59 Å². The van der Waals surface area contributed by atoms with Crippen LogP contribution in [0.15, 0.2) is 72.8 Å². The monoisotopic (exact) mass is 414 g/mol. The van der Waals surface area contributed by atoms with Crippen LogP contribution in [0.4, 0.5) is 15.9 Å². The summed E-state index contributed by atoms with van der Waals surface area (Å²) in [7, 11) is 0. The second-order valence-electron chi connectivity index (χ2n) is 7.60. The number of nitrogens with zero attached hydrogens (tertiary/aromatic N) is 2. The molecule has 0 bridgehead atoms. The Morgan fingerprint density at radius 3 is 2.65 bits per heavy atom. The largest absolute Gasteiger partial charge is 0.326 e. The first-order chi connectivity index (χ1) is 15.0. The van der Waals surface area contributed by atoms with E-state index in [1.807, 2.05) is 36.4 Å². The highest BCUT2D eigenvalue weighted by Gasteiger charge is 2.29. The van der Waals surface area contributed by atoms with Crippen LogP contribution < -0.4 is 10.6 Å². The van der Waals surface area contributed by atoms with E-state index in [9.17, 15) is 14.0 Å². The lowest BCUT2D eigenvalue weighted by molar-refractivity contribution is -0.125. The van der Waals surface area contributed by atoms with Gasteiger partial charge in [0.2, 0.25) is 11.8 Å². The van der Waals surface area contributed by atoms with E-state index in [-0.39, 0.29) is 24.1 Å². The Kier molecular flexibility index (Phi) is 4.71. The van der Waals surface area contributed by atoms with Gasteiger partial charge in [0, 0.05) is 23.7 Å². The zero-order valence-electron chi connectivity index (χ0n) is 16.5. The Bertz CT molecular complexity index is 1300. The minimum Gasteiger partial charge on any atom is -0.326 e. The molecule has 31 heavy (non-hydrogen) atoms. The van der Waals surface area contributed by atoms with Crippen LogP contribution in [0.1, 0.15) is 6.42 Å². The molecule has 4 aromatic rings. The summed E-state index contributed by atoms with van der Waals surface area (Å²) in [6, 6.07) is 21.6. The molecule has 0 aliphatic carbocycles. The molecule has 2 amide bonds. The van der Waals surface area contributed by atoms with E-state index in [1.54, 1.807) is 4.68 Å². The van der Waals surface area contributed by atoms with Gasteiger partial charge in [-0.2, -0.15) is 5.10 Å². The van der Waals surface area contributed by atoms with E-state index in [0.717, 1.165) is 22.0 Å². The number of amides is 2. The number of hydrogen-bond acceptors (Lipinski definition) is 3. The number of anilines is 2. The van der Waals surface area contributed by atoms with Gasteiger partial charge in [0.25, 0.3) is 0 Å². The number of aromatic nitrogens is 2. The molecule has 5 rings (SSSR count). The maximum atomic E-state index is 13.0. The molecule has 2 N–H and O–H groups in total. The van der Waals surface area contributed by atoms with E-state index in [1.165, 1.54) is 24.3 Å². The van der Waals surface area contributed by atoms with Crippen molar-refractivity contribution < 1.29 is 14.0 Å². The van der Waals surface area contributed by atoms with Gasteiger partial charge in [0.1, 0.15) is 11.6 Å². The van der Waals surface area contributed by atoms with E-state index < -0.39 is 5.92 Å². The zero-order valence-corrected chi connectivity index (χ0v) is 16.5. The van der Waals surface area contributed by atoms with Crippen LogP contribution in [-0.4, -0.2) is 21.6 Å². The maximum absolute atomic E-state index is 13.0. The van der Waals surface area contributed by atoms with Gasteiger partial charge in [0.05, 0.1) is 18.2 Å². The first kappa shape index (κ1) is 19.0. The molecule has 0 spiro atoms. The van der Waals surface area contributed by atoms with Crippen molar-refractivity contribution in [2.24, 2.45) is 5.92 Å². The fraction of sp³-hybridized carbons (Fsp3) is 0.125. The van der Waals surface area contributed by atoms with Gasteiger partial charge in [-0.25, -0.2) is 9.07 Å². The van der Waals surface area contributed by atoms with Crippen molar-refractivity contribution in [2.45, 2.75) is 13.0 Å². The molecule has 0 saturated heterocycles. The number of nitrogens with one attached hydrogen (secondary N) is 2. The van der Waals surface area contributed by atoms with Crippen LogP contribution in [0, 0.1) is 11.7 Å². The average Bonchev–Trinajstić information content (AvgIpc) is 3.18. The lowest BCUT2D eigenvalue weighted by atomic mass is 10.0. The minimum absolute atomic E-state index is 0.00776. The summed E-state index contributed by atoms with van der Waals surface area (Å²) in [5.41, 5.74) is 2.21. The van der Waals surface area contributed by atoms with Crippen LogP contribution in [0.5, 0.6) is 0 Å². The van der Waals surface area contributed by atoms with E-state index in [2.05, 4.69) is 27.9 Å². The fourth-order valence-electron chi connectivity index (χ4n) is 3.79. The molecule has 1 atom stereocenters. The highest BCUT2D eigenvalue weighted by Crippen LogP contribution is 2.29.